The van der Waals surface area contributed by atoms with Crippen molar-refractivity contribution in [1.29, 1.82) is 0 Å². The Morgan fingerprint density at radius 1 is 1.31 bits per heavy atom. The quantitative estimate of drug-likeness (QED) is 0.601. The van der Waals surface area contributed by atoms with E-state index >= 15 is 0 Å². The lowest BCUT2D eigenvalue weighted by atomic mass is 10.2. The van der Waals surface area contributed by atoms with Gasteiger partial charge in [0.15, 0.2) is 0 Å². The highest BCUT2D eigenvalue weighted by Crippen LogP contribution is 2.21. The van der Waals surface area contributed by atoms with E-state index in [1.54, 1.807) is 0 Å². The molecule has 1 aromatic carbocycles. The minimum Gasteiger partial charge on any atom is -0.398 e. The number of nitrogens with two attached hydrogens (primary N) is 2. The second-order valence-electron chi connectivity index (χ2n) is 3.14. The number of aromatic nitrogens is 1. The predicted molar refractivity (Wildman–Crippen MR) is 55.5 cm³/mol. The maximum absolute atomic E-state index is 5.81. The second-order valence-corrected chi connectivity index (χ2v) is 3.14. The van der Waals surface area contributed by atoms with Gasteiger partial charge in [-0.2, -0.15) is 0 Å². The average molecular weight is 175 g/mol. The van der Waals surface area contributed by atoms with Crippen LogP contribution in [0.3, 0.4) is 0 Å². The molecule has 0 aliphatic rings. The number of hydrogen-bond donors (Lipinski definition) is 3. The third kappa shape index (κ3) is 1.38. The van der Waals surface area contributed by atoms with Crippen molar-refractivity contribution in [2.24, 2.45) is 5.73 Å². The normalized spacial score (nSPS) is 10.8. The number of H-pyrrole nitrogens is 1. The van der Waals surface area contributed by atoms with Gasteiger partial charge in [0.2, 0.25) is 0 Å². The van der Waals surface area contributed by atoms with Gasteiger partial charge in [0.25, 0.3) is 0 Å². The van der Waals surface area contributed by atoms with Crippen molar-refractivity contribution in [1.82, 2.24) is 4.98 Å². The number of fused-ring (bicyclic) bond motifs is 1. The molecule has 5 N–H and O–H groups in total. The van der Waals surface area contributed by atoms with Crippen LogP contribution in [0, 0.1) is 0 Å². The standard InChI is InChI=1S/C10H13N3/c11-5-4-7-6-8-9(12)2-1-3-10(8)13-7/h1-3,6,13H,4-5,11-12H2. The fourth-order valence-electron chi connectivity index (χ4n) is 1.53. The summed E-state index contributed by atoms with van der Waals surface area (Å²) in [5, 5.41) is 1.09. The number of aromatic amines is 1. The van der Waals surface area contributed by atoms with Crippen LogP contribution in [0.4, 0.5) is 5.69 Å². The summed E-state index contributed by atoms with van der Waals surface area (Å²) in [5.74, 6) is 0. The van der Waals surface area contributed by atoms with Gasteiger partial charge in [0, 0.05) is 22.3 Å². The molecule has 2 rings (SSSR count). The minimum absolute atomic E-state index is 0.659. The van der Waals surface area contributed by atoms with Crippen LogP contribution in [0.2, 0.25) is 0 Å². The molecule has 0 aliphatic heterocycles. The van der Waals surface area contributed by atoms with E-state index in [0.29, 0.717) is 6.54 Å². The van der Waals surface area contributed by atoms with Gasteiger partial charge >= 0.3 is 0 Å². The maximum Gasteiger partial charge on any atom is 0.0476 e. The van der Waals surface area contributed by atoms with E-state index < -0.39 is 0 Å². The Morgan fingerprint density at radius 2 is 2.15 bits per heavy atom. The molecule has 2 aromatic rings. The first kappa shape index (κ1) is 8.13. The van der Waals surface area contributed by atoms with Crippen LogP contribution in [0.5, 0.6) is 0 Å². The van der Waals surface area contributed by atoms with Crippen LogP contribution in [0.1, 0.15) is 5.69 Å². The highest BCUT2D eigenvalue weighted by Gasteiger charge is 2.01. The van der Waals surface area contributed by atoms with Gasteiger partial charge in [-0.05, 0) is 31.2 Å². The van der Waals surface area contributed by atoms with E-state index in [1.165, 1.54) is 0 Å². The van der Waals surface area contributed by atoms with Crippen molar-refractivity contribution in [2.75, 3.05) is 12.3 Å². The zero-order chi connectivity index (χ0) is 9.26. The second kappa shape index (κ2) is 3.11. The minimum atomic E-state index is 0.659. The highest BCUT2D eigenvalue weighted by atomic mass is 14.7. The third-order valence-corrected chi connectivity index (χ3v) is 2.17. The van der Waals surface area contributed by atoms with Gasteiger partial charge in [0.05, 0.1) is 0 Å². The van der Waals surface area contributed by atoms with Crippen LogP contribution < -0.4 is 11.5 Å². The fourth-order valence-corrected chi connectivity index (χ4v) is 1.53. The Labute approximate surface area is 76.7 Å². The molecule has 0 spiro atoms. The molecule has 0 atom stereocenters. The van der Waals surface area contributed by atoms with E-state index in [0.717, 1.165) is 28.7 Å². The van der Waals surface area contributed by atoms with E-state index in [9.17, 15) is 0 Å². The van der Waals surface area contributed by atoms with Crippen molar-refractivity contribution < 1.29 is 0 Å². The number of hydrogen-bond acceptors (Lipinski definition) is 2. The lowest BCUT2D eigenvalue weighted by Crippen LogP contribution is -2.02. The van der Waals surface area contributed by atoms with Gasteiger partial charge in [0.1, 0.15) is 0 Å². The summed E-state index contributed by atoms with van der Waals surface area (Å²) >= 11 is 0. The van der Waals surface area contributed by atoms with Crippen molar-refractivity contribution in [2.45, 2.75) is 6.42 Å². The predicted octanol–water partition coefficient (Wildman–Crippen LogP) is 1.25. The van der Waals surface area contributed by atoms with Crippen molar-refractivity contribution >= 4 is 16.6 Å². The fraction of sp³-hybridized carbons (Fsp3) is 0.200. The lowest BCUT2D eigenvalue weighted by molar-refractivity contribution is 0.940. The van der Waals surface area contributed by atoms with Gasteiger partial charge in [-0.15, -0.1) is 0 Å². The summed E-state index contributed by atoms with van der Waals surface area (Å²) in [6, 6.07) is 7.94. The topological polar surface area (TPSA) is 67.8 Å². The molecule has 68 valence electrons. The van der Waals surface area contributed by atoms with Crippen LogP contribution in [-0.4, -0.2) is 11.5 Å². The molecule has 3 nitrogen and oxygen atoms in total. The van der Waals surface area contributed by atoms with E-state index in [1.807, 2.05) is 18.2 Å². The maximum atomic E-state index is 5.81. The number of benzene rings is 1. The van der Waals surface area contributed by atoms with Crippen LogP contribution in [0.25, 0.3) is 10.9 Å². The van der Waals surface area contributed by atoms with Crippen molar-refractivity contribution in [3.63, 3.8) is 0 Å². The molecule has 0 amide bonds. The summed E-state index contributed by atoms with van der Waals surface area (Å²) in [5.41, 5.74) is 14.3. The summed E-state index contributed by atoms with van der Waals surface area (Å²) in [4.78, 5) is 3.28. The molecule has 1 aromatic heterocycles. The first-order chi connectivity index (χ1) is 6.31. The molecule has 0 radical (unpaired) electrons. The summed E-state index contributed by atoms with van der Waals surface area (Å²) < 4.78 is 0. The van der Waals surface area contributed by atoms with Gasteiger partial charge < -0.3 is 16.5 Å². The van der Waals surface area contributed by atoms with Gasteiger partial charge in [-0.3, -0.25) is 0 Å². The largest absolute Gasteiger partial charge is 0.398 e. The van der Waals surface area contributed by atoms with E-state index in [4.69, 9.17) is 11.5 Å². The summed E-state index contributed by atoms with van der Waals surface area (Å²) in [6.45, 7) is 0.659. The molecule has 0 fully saturated rings. The van der Waals surface area contributed by atoms with Crippen LogP contribution >= 0.6 is 0 Å². The average Bonchev–Trinajstić information content (AvgIpc) is 2.49. The lowest BCUT2D eigenvalue weighted by Gasteiger charge is -1.92. The smallest absolute Gasteiger partial charge is 0.0476 e. The number of anilines is 1. The van der Waals surface area contributed by atoms with Crippen LogP contribution in [0.15, 0.2) is 24.3 Å². The molecule has 3 heteroatoms. The Hall–Kier alpha value is -1.48. The first-order valence-corrected chi connectivity index (χ1v) is 4.37. The Bertz CT molecular complexity index is 417. The third-order valence-electron chi connectivity index (χ3n) is 2.17. The van der Waals surface area contributed by atoms with Crippen LogP contribution in [-0.2, 0) is 6.42 Å². The summed E-state index contributed by atoms with van der Waals surface area (Å²) in [6.07, 6.45) is 0.869. The van der Waals surface area contributed by atoms with Crippen molar-refractivity contribution in [3.8, 4) is 0 Å². The molecule has 0 saturated heterocycles. The van der Waals surface area contributed by atoms with E-state index in [2.05, 4.69) is 11.1 Å². The first-order valence-electron chi connectivity index (χ1n) is 4.37. The molecular weight excluding hydrogens is 162 g/mol. The Kier molecular flexibility index (Phi) is 1.94. The molecule has 0 saturated carbocycles. The number of nitrogen functional groups attached to an aromatic ring is 1. The molecule has 13 heavy (non-hydrogen) atoms. The Morgan fingerprint density at radius 3 is 2.85 bits per heavy atom. The zero-order valence-electron chi connectivity index (χ0n) is 7.38. The SMILES string of the molecule is NCCc1cc2c(N)cccc2[nH]1. The summed E-state index contributed by atoms with van der Waals surface area (Å²) in [7, 11) is 0. The van der Waals surface area contributed by atoms with Gasteiger partial charge in [-0.1, -0.05) is 6.07 Å². The monoisotopic (exact) mass is 175 g/mol. The molecule has 0 aliphatic carbocycles. The molecule has 1 heterocycles. The number of nitrogens with one attached hydrogen (secondary N) is 1. The Balaban J connectivity index is 2.55. The zero-order valence-corrected chi connectivity index (χ0v) is 7.38. The molecule has 0 unspecified atom stereocenters. The highest BCUT2D eigenvalue weighted by molar-refractivity contribution is 5.91. The van der Waals surface area contributed by atoms with Crippen molar-refractivity contribution in [3.05, 3.63) is 30.0 Å². The molecule has 0 bridgehead atoms. The number of rotatable bonds is 2. The van der Waals surface area contributed by atoms with Gasteiger partial charge in [-0.25, -0.2) is 0 Å². The molecular formula is C10H13N3. The van der Waals surface area contributed by atoms with E-state index in [-0.39, 0.29) is 0 Å².